The van der Waals surface area contributed by atoms with E-state index in [1.54, 1.807) is 0 Å². The van der Waals surface area contributed by atoms with Crippen LogP contribution >= 0.6 is 0 Å². The normalized spacial score (nSPS) is 12.4. The fraction of sp³-hybridized carbons (Fsp3) is 0. The van der Waals surface area contributed by atoms with Gasteiger partial charge in [-0.2, -0.15) is 0 Å². The van der Waals surface area contributed by atoms with Crippen LogP contribution in [0.4, 0.5) is 11.4 Å². The summed E-state index contributed by atoms with van der Waals surface area (Å²) in [5.74, 6) is 0. The number of pyridine rings is 1. The molecule has 8 aromatic rings. The molecular weight excluding hydrogens is 536 g/mol. The molecule has 0 radical (unpaired) electrons. The van der Waals surface area contributed by atoms with E-state index < -0.39 is 0 Å². The number of rotatable bonds is 4. The quantitative estimate of drug-likeness (QED) is 0.214. The Bertz CT molecular complexity index is 2310. The van der Waals surface area contributed by atoms with Crippen LogP contribution in [0, 0.1) is 0 Å². The third-order valence-electron chi connectivity index (χ3n) is 8.62. The molecule has 1 aliphatic rings. The van der Waals surface area contributed by atoms with Gasteiger partial charge in [-0.25, -0.2) is 4.98 Å². The molecule has 0 saturated carbocycles. The number of hydrogen-bond acceptors (Lipinski definition) is 3. The first-order chi connectivity index (χ1) is 21.8. The van der Waals surface area contributed by atoms with Crippen molar-refractivity contribution in [3.63, 3.8) is 0 Å². The van der Waals surface area contributed by atoms with Crippen LogP contribution in [-0.4, -0.2) is 4.98 Å². The fourth-order valence-corrected chi connectivity index (χ4v) is 6.53. The lowest BCUT2D eigenvalue weighted by molar-refractivity contribution is 0.669. The van der Waals surface area contributed by atoms with Gasteiger partial charge in [-0.3, -0.25) is 0 Å². The van der Waals surface area contributed by atoms with E-state index in [0.717, 1.165) is 55.9 Å². The maximum atomic E-state index is 6.25. The molecule has 0 amide bonds. The molecular formula is C41H26N2O. The van der Waals surface area contributed by atoms with Gasteiger partial charge >= 0.3 is 0 Å². The van der Waals surface area contributed by atoms with E-state index in [-0.39, 0.29) is 0 Å². The Kier molecular flexibility index (Phi) is 5.50. The van der Waals surface area contributed by atoms with Gasteiger partial charge in [-0.15, -0.1) is 0 Å². The molecule has 0 spiro atoms. The van der Waals surface area contributed by atoms with Crippen molar-refractivity contribution in [2.75, 3.05) is 4.90 Å². The molecule has 0 unspecified atom stereocenters. The fourth-order valence-electron chi connectivity index (χ4n) is 6.53. The Hall–Kier alpha value is -5.93. The van der Waals surface area contributed by atoms with Gasteiger partial charge in [0.1, 0.15) is 11.2 Å². The summed E-state index contributed by atoms with van der Waals surface area (Å²) in [6, 6.07) is 51.0. The van der Waals surface area contributed by atoms with Crippen molar-refractivity contribution in [3.05, 3.63) is 157 Å². The minimum atomic E-state index is 0.920. The molecule has 0 fully saturated rings. The second kappa shape index (κ2) is 9.82. The summed E-state index contributed by atoms with van der Waals surface area (Å²) in [4.78, 5) is 7.33. The Balaban J connectivity index is 1.14. The van der Waals surface area contributed by atoms with Gasteiger partial charge in [0, 0.05) is 39.2 Å². The topological polar surface area (TPSA) is 29.3 Å². The smallest absolute Gasteiger partial charge is 0.136 e. The zero-order valence-corrected chi connectivity index (χ0v) is 23.8. The van der Waals surface area contributed by atoms with Crippen LogP contribution in [0.1, 0.15) is 5.56 Å². The third kappa shape index (κ3) is 3.94. The predicted molar refractivity (Wildman–Crippen MR) is 183 cm³/mol. The number of aromatic nitrogens is 1. The van der Waals surface area contributed by atoms with Crippen LogP contribution in [0.5, 0.6) is 0 Å². The summed E-state index contributed by atoms with van der Waals surface area (Å²) in [5, 5.41) is 4.74. The van der Waals surface area contributed by atoms with E-state index in [4.69, 9.17) is 9.40 Å². The lowest BCUT2D eigenvalue weighted by atomic mass is 9.94. The molecule has 9 rings (SSSR count). The number of hydrogen-bond donors (Lipinski definition) is 0. The van der Waals surface area contributed by atoms with Crippen molar-refractivity contribution in [2.45, 2.75) is 0 Å². The number of anilines is 2. The van der Waals surface area contributed by atoms with E-state index in [0.29, 0.717) is 0 Å². The van der Waals surface area contributed by atoms with Crippen molar-refractivity contribution in [1.29, 1.82) is 0 Å². The molecule has 0 N–H and O–H groups in total. The summed E-state index contributed by atoms with van der Waals surface area (Å²) in [6.45, 7) is 0. The molecule has 0 aliphatic carbocycles. The lowest BCUT2D eigenvalue weighted by Crippen LogP contribution is -2.11. The van der Waals surface area contributed by atoms with Crippen LogP contribution in [0.25, 0.3) is 72.4 Å². The van der Waals surface area contributed by atoms with E-state index in [1.807, 2.05) is 24.3 Å². The minimum absolute atomic E-state index is 0.920. The number of nitrogens with zero attached hydrogens (tertiary/aromatic N) is 2. The number of furan rings is 1. The van der Waals surface area contributed by atoms with E-state index in [9.17, 15) is 0 Å². The molecule has 3 heterocycles. The van der Waals surface area contributed by atoms with Gasteiger partial charge in [-0.1, -0.05) is 103 Å². The summed E-state index contributed by atoms with van der Waals surface area (Å²) in [5.41, 5.74) is 11.8. The number of benzene rings is 6. The zero-order valence-electron chi connectivity index (χ0n) is 23.8. The highest BCUT2D eigenvalue weighted by Gasteiger charge is 2.21. The van der Waals surface area contributed by atoms with E-state index >= 15 is 0 Å². The van der Waals surface area contributed by atoms with Gasteiger partial charge in [0.15, 0.2) is 0 Å². The summed E-state index contributed by atoms with van der Waals surface area (Å²) < 4.78 is 6.25. The minimum Gasteiger partial charge on any atom is -0.456 e. The van der Waals surface area contributed by atoms with Gasteiger partial charge in [0.2, 0.25) is 0 Å². The Labute approximate surface area is 255 Å². The number of para-hydroxylation sites is 1. The molecule has 206 valence electrons. The summed E-state index contributed by atoms with van der Waals surface area (Å²) in [6.07, 6.45) is 4.41. The lowest BCUT2D eigenvalue weighted by Gasteiger charge is -2.27. The Morgan fingerprint density at radius 3 is 1.91 bits per heavy atom. The first-order valence-electron chi connectivity index (χ1n) is 14.9. The summed E-state index contributed by atoms with van der Waals surface area (Å²) in [7, 11) is 0. The van der Waals surface area contributed by atoms with Crippen LogP contribution in [0.2, 0.25) is 0 Å². The SMILES string of the molecule is C1=CN(c2ccc(-c3cc(-c4ccccc4)nc(-c4ccccc4)c3)cc2)c2cccc3cc4oc5ccccc5c4c1c23. The van der Waals surface area contributed by atoms with Gasteiger partial charge in [0.05, 0.1) is 17.1 Å². The van der Waals surface area contributed by atoms with Crippen LogP contribution in [0.15, 0.2) is 156 Å². The maximum Gasteiger partial charge on any atom is 0.136 e. The van der Waals surface area contributed by atoms with Crippen molar-refractivity contribution in [3.8, 4) is 33.6 Å². The molecule has 0 atom stereocenters. The molecule has 3 heteroatoms. The van der Waals surface area contributed by atoms with Crippen molar-refractivity contribution in [1.82, 2.24) is 4.98 Å². The van der Waals surface area contributed by atoms with Crippen molar-refractivity contribution >= 4 is 50.2 Å². The molecule has 2 aromatic heterocycles. The maximum absolute atomic E-state index is 6.25. The first-order valence-corrected chi connectivity index (χ1v) is 14.9. The van der Waals surface area contributed by atoms with Crippen molar-refractivity contribution < 1.29 is 4.42 Å². The van der Waals surface area contributed by atoms with Crippen LogP contribution in [-0.2, 0) is 0 Å². The van der Waals surface area contributed by atoms with Crippen molar-refractivity contribution in [2.24, 2.45) is 0 Å². The zero-order chi connectivity index (χ0) is 29.0. The predicted octanol–water partition coefficient (Wildman–Crippen LogP) is 11.3. The monoisotopic (exact) mass is 562 g/mol. The number of fused-ring (bicyclic) bond motifs is 4. The molecule has 44 heavy (non-hydrogen) atoms. The molecule has 3 nitrogen and oxygen atoms in total. The average Bonchev–Trinajstić information content (AvgIpc) is 3.48. The third-order valence-corrected chi connectivity index (χ3v) is 8.62. The second-order valence-corrected chi connectivity index (χ2v) is 11.2. The highest BCUT2D eigenvalue weighted by atomic mass is 16.3. The highest BCUT2D eigenvalue weighted by Crippen LogP contribution is 2.45. The highest BCUT2D eigenvalue weighted by molar-refractivity contribution is 6.20. The second-order valence-electron chi connectivity index (χ2n) is 11.2. The largest absolute Gasteiger partial charge is 0.456 e. The summed E-state index contributed by atoms with van der Waals surface area (Å²) >= 11 is 0. The van der Waals surface area contributed by atoms with Crippen LogP contribution < -0.4 is 4.90 Å². The van der Waals surface area contributed by atoms with E-state index in [1.165, 1.54) is 27.4 Å². The Morgan fingerprint density at radius 1 is 0.500 bits per heavy atom. The standard InChI is InChI=1S/C41H26N2O/c1-3-10-28(11-4-1)35-24-31(25-36(42-35)29-12-5-2-6-13-29)27-18-20-32(21-19-27)43-23-22-34-40-30(14-9-16-37(40)43)26-39-41(34)33-15-7-8-17-38(33)44-39/h1-26H. The van der Waals surface area contributed by atoms with Gasteiger partial charge < -0.3 is 9.32 Å². The average molecular weight is 563 g/mol. The first kappa shape index (κ1) is 24.6. The molecule has 0 saturated heterocycles. The van der Waals surface area contributed by atoms with E-state index in [2.05, 4.69) is 139 Å². The van der Waals surface area contributed by atoms with Gasteiger partial charge in [0.25, 0.3) is 0 Å². The molecule has 0 bridgehead atoms. The molecule has 6 aromatic carbocycles. The Morgan fingerprint density at radius 2 is 1.18 bits per heavy atom. The van der Waals surface area contributed by atoms with Crippen LogP contribution in [0.3, 0.4) is 0 Å². The van der Waals surface area contributed by atoms with Gasteiger partial charge in [-0.05, 0) is 70.6 Å². The molecule has 1 aliphatic heterocycles.